The predicted molar refractivity (Wildman–Crippen MR) is 82.3 cm³/mol. The number of quaternary nitrogens is 1. The third kappa shape index (κ3) is 2.79. The van der Waals surface area contributed by atoms with Gasteiger partial charge in [0.1, 0.15) is 5.69 Å². The van der Waals surface area contributed by atoms with Gasteiger partial charge in [-0.05, 0) is 0 Å². The molecular weight excluding hydrogens is 268 g/mol. The maximum absolute atomic E-state index is 5.02. The van der Waals surface area contributed by atoms with Crippen molar-refractivity contribution < 1.29 is 0 Å². The van der Waals surface area contributed by atoms with E-state index in [4.69, 9.17) is 12.6 Å². The fraction of sp³-hybridized carbons (Fsp3) is 0. The van der Waals surface area contributed by atoms with Crippen LogP contribution in [-0.4, -0.2) is 15.2 Å². The van der Waals surface area contributed by atoms with Crippen molar-refractivity contribution in [3.63, 3.8) is 0 Å². The van der Waals surface area contributed by atoms with Crippen LogP contribution in [0.5, 0.6) is 0 Å². The van der Waals surface area contributed by atoms with E-state index < -0.39 is 0 Å². The summed E-state index contributed by atoms with van der Waals surface area (Å²) in [6.45, 7) is 0. The van der Waals surface area contributed by atoms with Gasteiger partial charge in [-0.3, -0.25) is 4.98 Å². The molecule has 0 bridgehead atoms. The molecule has 5 heteroatoms. The lowest BCUT2D eigenvalue weighted by molar-refractivity contribution is 0.853. The Bertz CT molecular complexity index is 687. The first-order valence-corrected chi connectivity index (χ1v) is 6.28. The van der Waals surface area contributed by atoms with Gasteiger partial charge in [-0.25, -0.2) is 0 Å². The van der Waals surface area contributed by atoms with Crippen molar-refractivity contribution in [1.82, 2.24) is 21.3 Å². The monoisotopic (exact) mass is 282 g/mol. The Labute approximate surface area is 122 Å². The van der Waals surface area contributed by atoms with Crippen LogP contribution in [0.25, 0.3) is 22.5 Å². The van der Waals surface area contributed by atoms with Crippen LogP contribution in [0.15, 0.2) is 65.8 Å². The number of hydrogen-bond donors (Lipinski definition) is 1. The van der Waals surface area contributed by atoms with Crippen LogP contribution in [0.3, 0.4) is 0 Å². The molecule has 3 rings (SSSR count). The molecule has 0 fully saturated rings. The first-order chi connectivity index (χ1) is 9.34. The summed E-state index contributed by atoms with van der Waals surface area (Å²) in [5.74, 6) is 0. The topological polar surface area (TPSA) is 75.2 Å². The van der Waals surface area contributed by atoms with E-state index in [9.17, 15) is 0 Å². The molecule has 0 aliphatic carbocycles. The molecule has 0 unspecified atom stereocenters. The van der Waals surface area contributed by atoms with E-state index in [1.807, 2.05) is 60.7 Å². The third-order valence-corrected chi connectivity index (χ3v) is 2.93. The predicted octanol–water partition coefficient (Wildman–Crippen LogP) is 3.49. The quantitative estimate of drug-likeness (QED) is 0.730. The Morgan fingerprint density at radius 1 is 0.650 bits per heavy atom. The van der Waals surface area contributed by atoms with E-state index in [0.29, 0.717) is 0 Å². The highest BCUT2D eigenvalue weighted by Gasteiger charge is 2.10. The van der Waals surface area contributed by atoms with Crippen molar-refractivity contribution in [2.75, 3.05) is 0 Å². The maximum atomic E-state index is 5.02. The minimum Gasteiger partial charge on any atom is -0.738 e. The molecule has 100 valence electrons. The second kappa shape index (κ2) is 6.18. The van der Waals surface area contributed by atoms with Crippen molar-refractivity contribution in [1.29, 1.82) is 0 Å². The first-order valence-electron chi connectivity index (χ1n) is 5.87. The molecule has 2 aromatic carbocycles. The Balaban J connectivity index is 0.00000147. The fourth-order valence-electron chi connectivity index (χ4n) is 1.90. The standard InChI is InChI=1S/C15H11N3S.H3N/c19-15-16-13(11-7-3-1-4-8-11)14(17-18-15)12-9-5-2-6-10-12;/h1-10H,(H,16,18,19);1H3. The Morgan fingerprint density at radius 3 is 1.70 bits per heavy atom. The molecule has 0 radical (unpaired) electrons. The molecule has 0 spiro atoms. The van der Waals surface area contributed by atoms with Gasteiger partial charge in [-0.15, -0.1) is 5.10 Å². The SMILES string of the molecule is [NH4+].[S-]c1nnc(-c2ccccc2)c(-c2ccccc2)n1. The van der Waals surface area contributed by atoms with Crippen LogP contribution < -0.4 is 6.15 Å². The van der Waals surface area contributed by atoms with Gasteiger partial charge in [0.05, 0.1) is 5.69 Å². The lowest BCUT2D eigenvalue weighted by Gasteiger charge is -2.11. The van der Waals surface area contributed by atoms with E-state index in [0.717, 1.165) is 22.5 Å². The zero-order chi connectivity index (χ0) is 13.1. The number of hydrogen-bond acceptors (Lipinski definition) is 4. The molecule has 0 amide bonds. The molecule has 0 aliphatic heterocycles. The van der Waals surface area contributed by atoms with Crippen LogP contribution in [-0.2, 0) is 12.6 Å². The van der Waals surface area contributed by atoms with Crippen LogP contribution in [0.1, 0.15) is 0 Å². The highest BCUT2D eigenvalue weighted by molar-refractivity contribution is 7.58. The van der Waals surface area contributed by atoms with Gasteiger partial charge < -0.3 is 18.8 Å². The second-order valence-corrected chi connectivity index (χ2v) is 4.39. The van der Waals surface area contributed by atoms with E-state index in [2.05, 4.69) is 15.2 Å². The lowest BCUT2D eigenvalue weighted by Crippen LogP contribution is -1.98. The molecule has 20 heavy (non-hydrogen) atoms. The summed E-state index contributed by atoms with van der Waals surface area (Å²) in [6.07, 6.45) is 0. The van der Waals surface area contributed by atoms with Crippen LogP contribution in [0.2, 0.25) is 0 Å². The van der Waals surface area contributed by atoms with Gasteiger partial charge in [-0.1, -0.05) is 60.7 Å². The molecule has 0 saturated heterocycles. The van der Waals surface area contributed by atoms with E-state index in [1.165, 1.54) is 0 Å². The second-order valence-electron chi connectivity index (χ2n) is 4.02. The minimum absolute atomic E-state index is 0. The number of benzene rings is 2. The largest absolute Gasteiger partial charge is 0.738 e. The molecule has 0 atom stereocenters. The average molecular weight is 282 g/mol. The maximum Gasteiger partial charge on any atom is 0.119 e. The number of nitrogens with zero attached hydrogens (tertiary/aromatic N) is 3. The smallest absolute Gasteiger partial charge is 0.119 e. The van der Waals surface area contributed by atoms with Gasteiger partial charge in [-0.2, -0.15) is 5.10 Å². The highest BCUT2D eigenvalue weighted by Crippen LogP contribution is 2.27. The van der Waals surface area contributed by atoms with E-state index in [1.54, 1.807) is 0 Å². The lowest BCUT2D eigenvalue weighted by atomic mass is 10.0. The molecule has 0 aliphatic rings. The number of rotatable bonds is 2. The van der Waals surface area contributed by atoms with Gasteiger partial charge in [0.15, 0.2) is 0 Å². The Hall–Kier alpha value is -2.37. The van der Waals surface area contributed by atoms with Crippen molar-refractivity contribution >= 4 is 12.6 Å². The van der Waals surface area contributed by atoms with E-state index >= 15 is 0 Å². The van der Waals surface area contributed by atoms with E-state index in [-0.39, 0.29) is 11.3 Å². The molecule has 0 saturated carbocycles. The zero-order valence-corrected chi connectivity index (χ0v) is 11.8. The number of aromatic nitrogens is 3. The zero-order valence-electron chi connectivity index (χ0n) is 11.0. The summed E-state index contributed by atoms with van der Waals surface area (Å²) in [7, 11) is 0. The summed E-state index contributed by atoms with van der Waals surface area (Å²) >= 11 is 5.02. The Kier molecular flexibility index (Phi) is 4.34. The molecular formula is C15H14N4S. The molecule has 4 N–H and O–H groups in total. The molecule has 1 heterocycles. The van der Waals surface area contributed by atoms with Crippen molar-refractivity contribution in [2.24, 2.45) is 0 Å². The molecule has 1 aromatic heterocycles. The summed E-state index contributed by atoms with van der Waals surface area (Å²) < 4.78 is 0. The summed E-state index contributed by atoms with van der Waals surface area (Å²) in [5, 5.41) is 8.37. The van der Waals surface area contributed by atoms with Crippen molar-refractivity contribution in [3.8, 4) is 22.5 Å². The summed E-state index contributed by atoms with van der Waals surface area (Å²) in [4.78, 5) is 4.36. The molecule has 4 nitrogen and oxygen atoms in total. The normalized spacial score (nSPS) is 9.80. The van der Waals surface area contributed by atoms with Gasteiger partial charge >= 0.3 is 0 Å². The highest BCUT2D eigenvalue weighted by atomic mass is 32.1. The van der Waals surface area contributed by atoms with Gasteiger partial charge in [0.2, 0.25) is 0 Å². The fourth-order valence-corrected chi connectivity index (χ4v) is 2.03. The van der Waals surface area contributed by atoms with Crippen molar-refractivity contribution in [2.45, 2.75) is 5.16 Å². The summed E-state index contributed by atoms with van der Waals surface area (Å²) in [5.41, 5.74) is 3.49. The van der Waals surface area contributed by atoms with Gasteiger partial charge in [0, 0.05) is 16.3 Å². The van der Waals surface area contributed by atoms with Crippen LogP contribution in [0, 0.1) is 0 Å². The minimum atomic E-state index is 0. The average Bonchev–Trinajstić information content (AvgIpc) is 2.49. The molecule has 3 aromatic rings. The Morgan fingerprint density at radius 2 is 1.15 bits per heavy atom. The summed E-state index contributed by atoms with van der Waals surface area (Å²) in [6, 6.07) is 19.8. The first kappa shape index (κ1) is 14.0. The van der Waals surface area contributed by atoms with Gasteiger partial charge in [0.25, 0.3) is 0 Å². The van der Waals surface area contributed by atoms with Crippen molar-refractivity contribution in [3.05, 3.63) is 60.7 Å². The van der Waals surface area contributed by atoms with Crippen LogP contribution >= 0.6 is 0 Å². The third-order valence-electron chi connectivity index (χ3n) is 2.76. The van der Waals surface area contributed by atoms with Crippen LogP contribution in [0.4, 0.5) is 0 Å².